The Hall–Kier alpha value is -1.37. The van der Waals surface area contributed by atoms with Gasteiger partial charge in [-0.1, -0.05) is 47.7 Å². The van der Waals surface area contributed by atoms with Gasteiger partial charge in [0.25, 0.3) is 5.91 Å². The maximum atomic E-state index is 12.1. The third-order valence-electron chi connectivity index (χ3n) is 2.59. The van der Waals surface area contributed by atoms with E-state index in [0.717, 1.165) is 5.56 Å². The van der Waals surface area contributed by atoms with E-state index in [0.29, 0.717) is 14.2 Å². The van der Waals surface area contributed by atoms with Crippen molar-refractivity contribution < 1.29 is 14.7 Å². The number of hydrogen-bond donors (Lipinski definition) is 1. The third-order valence-corrected chi connectivity index (χ3v) is 4.22. The number of thiocarbonyl (C=S) groups is 1. The number of carbonyl (C=O) groups excluding carboxylic acids is 1. The van der Waals surface area contributed by atoms with Crippen LogP contribution in [0.4, 0.5) is 0 Å². The lowest BCUT2D eigenvalue weighted by atomic mass is 10.2. The Balaban J connectivity index is 2.14. The zero-order valence-corrected chi connectivity index (χ0v) is 12.6. The number of carboxylic acid groups (broad SMARTS) is 1. The van der Waals surface area contributed by atoms with Crippen LogP contribution >= 0.6 is 35.6 Å². The lowest BCUT2D eigenvalue weighted by molar-refractivity contribution is -0.137. The van der Waals surface area contributed by atoms with Gasteiger partial charge in [-0.15, -0.1) is 0 Å². The minimum atomic E-state index is -0.958. The summed E-state index contributed by atoms with van der Waals surface area (Å²) in [6.45, 7) is 0.0952. The normalized spacial score (nSPS) is 17.1. The van der Waals surface area contributed by atoms with Crippen molar-refractivity contribution in [3.8, 4) is 0 Å². The third kappa shape index (κ3) is 3.59. The number of nitrogens with zero attached hydrogens (tertiary/aromatic N) is 1. The molecule has 0 unspecified atom stereocenters. The van der Waals surface area contributed by atoms with Crippen LogP contribution in [0.3, 0.4) is 0 Å². The first kappa shape index (κ1) is 15.0. The summed E-state index contributed by atoms with van der Waals surface area (Å²) < 4.78 is 0.386. The van der Waals surface area contributed by atoms with Crippen LogP contribution < -0.4 is 0 Å². The molecule has 1 N–H and O–H groups in total. The van der Waals surface area contributed by atoms with Gasteiger partial charge in [-0.3, -0.25) is 14.5 Å². The van der Waals surface area contributed by atoms with Crippen LogP contribution in [-0.4, -0.2) is 32.7 Å². The van der Waals surface area contributed by atoms with Crippen molar-refractivity contribution in [2.45, 2.75) is 6.42 Å². The van der Waals surface area contributed by atoms with Gasteiger partial charge in [0.1, 0.15) is 4.32 Å². The number of benzene rings is 1. The molecule has 2 rings (SSSR count). The molecular weight excluding hydrogens is 318 g/mol. The van der Waals surface area contributed by atoms with E-state index in [2.05, 4.69) is 0 Å². The Morgan fingerprint density at radius 3 is 2.65 bits per heavy atom. The van der Waals surface area contributed by atoms with Crippen LogP contribution in [0.2, 0.25) is 5.02 Å². The van der Waals surface area contributed by atoms with Crippen LogP contribution in [0.15, 0.2) is 29.2 Å². The van der Waals surface area contributed by atoms with Crippen LogP contribution in [-0.2, 0) is 9.59 Å². The molecule has 20 heavy (non-hydrogen) atoms. The van der Waals surface area contributed by atoms with E-state index in [1.54, 1.807) is 30.3 Å². The summed E-state index contributed by atoms with van der Waals surface area (Å²) in [6.07, 6.45) is 1.59. The minimum Gasteiger partial charge on any atom is -0.481 e. The van der Waals surface area contributed by atoms with E-state index in [1.165, 1.54) is 16.7 Å². The van der Waals surface area contributed by atoms with Crippen molar-refractivity contribution in [2.24, 2.45) is 0 Å². The van der Waals surface area contributed by atoms with Gasteiger partial charge >= 0.3 is 5.97 Å². The summed E-state index contributed by atoms with van der Waals surface area (Å²) in [4.78, 5) is 24.5. The Morgan fingerprint density at radius 1 is 1.40 bits per heavy atom. The molecule has 0 aromatic heterocycles. The van der Waals surface area contributed by atoms with E-state index in [1.807, 2.05) is 0 Å². The topological polar surface area (TPSA) is 57.6 Å². The van der Waals surface area contributed by atoms with Gasteiger partial charge in [-0.2, -0.15) is 0 Å². The summed E-state index contributed by atoms with van der Waals surface area (Å²) in [5.74, 6) is -1.21. The molecule has 4 nitrogen and oxygen atoms in total. The van der Waals surface area contributed by atoms with Crippen molar-refractivity contribution in [2.75, 3.05) is 6.54 Å². The summed E-state index contributed by atoms with van der Waals surface area (Å²) in [6, 6.07) is 7.06. The Morgan fingerprint density at radius 2 is 2.05 bits per heavy atom. The molecule has 104 valence electrons. The highest BCUT2D eigenvalue weighted by atomic mass is 35.5. The standard InChI is InChI=1S/C13H10ClNO3S2/c14-9-3-1-8(2-4-9)7-10-12(18)15(13(19)20-10)6-5-11(16)17/h1-4,7H,5-6H2,(H,16,17). The highest BCUT2D eigenvalue weighted by Gasteiger charge is 2.31. The quantitative estimate of drug-likeness (QED) is 0.680. The summed E-state index contributed by atoms with van der Waals surface area (Å²) in [5, 5.41) is 9.28. The second-order valence-electron chi connectivity index (χ2n) is 4.03. The van der Waals surface area contributed by atoms with Gasteiger partial charge in [0.05, 0.1) is 11.3 Å². The fourth-order valence-corrected chi connectivity index (χ4v) is 3.05. The van der Waals surface area contributed by atoms with Crippen molar-refractivity contribution >= 4 is 57.9 Å². The molecule has 0 aliphatic carbocycles. The first-order valence-corrected chi connectivity index (χ1v) is 7.30. The Bertz CT molecular complexity index is 598. The van der Waals surface area contributed by atoms with Crippen molar-refractivity contribution in [3.05, 3.63) is 39.8 Å². The number of carbonyl (C=O) groups is 2. The van der Waals surface area contributed by atoms with Gasteiger partial charge in [0.2, 0.25) is 0 Å². The number of halogens is 1. The molecule has 7 heteroatoms. The molecule has 1 aliphatic rings. The molecule has 1 heterocycles. The minimum absolute atomic E-state index is 0.0952. The van der Waals surface area contributed by atoms with Crippen LogP contribution in [0.1, 0.15) is 12.0 Å². The lowest BCUT2D eigenvalue weighted by Crippen LogP contribution is -2.30. The number of hydrogen-bond acceptors (Lipinski definition) is 4. The van der Waals surface area contributed by atoms with Crippen LogP contribution in [0, 0.1) is 0 Å². The van der Waals surface area contributed by atoms with Crippen LogP contribution in [0.5, 0.6) is 0 Å². The monoisotopic (exact) mass is 327 g/mol. The maximum Gasteiger partial charge on any atom is 0.305 e. The van der Waals surface area contributed by atoms with E-state index in [4.69, 9.17) is 28.9 Å². The maximum absolute atomic E-state index is 12.1. The molecule has 0 radical (unpaired) electrons. The molecule has 0 atom stereocenters. The molecule has 1 aliphatic heterocycles. The number of thioether (sulfide) groups is 1. The fraction of sp³-hybridized carbons (Fsp3) is 0.154. The number of amides is 1. The average Bonchev–Trinajstić information content (AvgIpc) is 2.65. The van der Waals surface area contributed by atoms with Gasteiger partial charge in [0, 0.05) is 11.6 Å². The smallest absolute Gasteiger partial charge is 0.305 e. The molecule has 1 amide bonds. The van der Waals surface area contributed by atoms with E-state index in [-0.39, 0.29) is 18.9 Å². The lowest BCUT2D eigenvalue weighted by Gasteiger charge is -2.12. The largest absolute Gasteiger partial charge is 0.481 e. The molecule has 1 aromatic carbocycles. The van der Waals surface area contributed by atoms with Gasteiger partial charge < -0.3 is 5.11 Å². The second-order valence-corrected chi connectivity index (χ2v) is 6.14. The number of aliphatic carboxylic acids is 1. The molecule has 0 spiro atoms. The summed E-state index contributed by atoms with van der Waals surface area (Å²) in [5.41, 5.74) is 0.841. The molecule has 0 bridgehead atoms. The van der Waals surface area contributed by atoms with Gasteiger partial charge in [-0.05, 0) is 23.8 Å². The molecule has 0 saturated carbocycles. The van der Waals surface area contributed by atoms with Crippen molar-refractivity contribution in [1.29, 1.82) is 0 Å². The predicted octanol–water partition coefficient (Wildman–Crippen LogP) is 3.02. The summed E-state index contributed by atoms with van der Waals surface area (Å²) in [7, 11) is 0. The van der Waals surface area contributed by atoms with Gasteiger partial charge in [-0.25, -0.2) is 0 Å². The zero-order chi connectivity index (χ0) is 14.7. The van der Waals surface area contributed by atoms with Crippen molar-refractivity contribution in [1.82, 2.24) is 4.90 Å². The molecule has 1 fully saturated rings. The molecule has 1 saturated heterocycles. The Kier molecular flexibility index (Phi) is 4.80. The van der Waals surface area contributed by atoms with Crippen molar-refractivity contribution in [3.63, 3.8) is 0 Å². The average molecular weight is 328 g/mol. The highest BCUT2D eigenvalue weighted by molar-refractivity contribution is 8.26. The van der Waals surface area contributed by atoms with Crippen LogP contribution in [0.25, 0.3) is 6.08 Å². The number of carboxylic acids is 1. The molecular formula is C13H10ClNO3S2. The predicted molar refractivity (Wildman–Crippen MR) is 83.6 cm³/mol. The Labute approximate surface area is 130 Å². The zero-order valence-electron chi connectivity index (χ0n) is 10.2. The first-order valence-electron chi connectivity index (χ1n) is 5.70. The number of rotatable bonds is 4. The van der Waals surface area contributed by atoms with E-state index >= 15 is 0 Å². The van der Waals surface area contributed by atoms with Gasteiger partial charge in [0.15, 0.2) is 0 Å². The molecule has 1 aromatic rings. The van der Waals surface area contributed by atoms with E-state index in [9.17, 15) is 9.59 Å². The van der Waals surface area contributed by atoms with E-state index < -0.39 is 5.97 Å². The SMILES string of the molecule is O=C(O)CCN1C(=O)C(=Cc2ccc(Cl)cc2)SC1=S. The highest BCUT2D eigenvalue weighted by Crippen LogP contribution is 2.32. The first-order chi connectivity index (χ1) is 9.47. The summed E-state index contributed by atoms with van der Waals surface area (Å²) >= 11 is 12.1. The second kappa shape index (κ2) is 6.39. The fourth-order valence-electron chi connectivity index (χ4n) is 1.61.